The summed E-state index contributed by atoms with van der Waals surface area (Å²) in [7, 11) is -1.60. The Morgan fingerprint density at radius 1 is 1.19 bits per heavy atom. The normalized spacial score (nSPS) is 14.0. The molecule has 0 spiro atoms. The van der Waals surface area contributed by atoms with Gasteiger partial charge < -0.3 is 15.4 Å². The molecule has 0 radical (unpaired) electrons. The van der Waals surface area contributed by atoms with Gasteiger partial charge in [0.15, 0.2) is 15.8 Å². The third-order valence-corrected chi connectivity index (χ3v) is 5.51. The highest BCUT2D eigenvalue weighted by molar-refractivity contribution is 14.0. The second kappa shape index (κ2) is 11.6. The zero-order valence-corrected chi connectivity index (χ0v) is 20.7. The molecule has 0 aliphatic heterocycles. The van der Waals surface area contributed by atoms with Gasteiger partial charge in [-0.25, -0.2) is 17.8 Å². The van der Waals surface area contributed by atoms with Crippen LogP contribution in [0.1, 0.15) is 29.5 Å². The SMILES string of the molecule is CN=C(NCc1ccc(OCC2CC2)nc1)NCc1cc(F)ccc1CS(C)(=O)=O.I. The number of aliphatic imine (C=N–C) groups is 1. The number of benzene rings is 1. The monoisotopic (exact) mass is 562 g/mol. The second-order valence-electron chi connectivity index (χ2n) is 7.52. The van der Waals surface area contributed by atoms with Gasteiger partial charge in [0.05, 0.1) is 12.4 Å². The molecule has 3 rings (SSSR count). The van der Waals surface area contributed by atoms with Crippen LogP contribution < -0.4 is 15.4 Å². The van der Waals surface area contributed by atoms with Crippen molar-refractivity contribution in [1.82, 2.24) is 15.6 Å². The molecular weight excluding hydrogens is 534 g/mol. The van der Waals surface area contributed by atoms with Crippen LogP contribution in [0.15, 0.2) is 41.5 Å². The van der Waals surface area contributed by atoms with Crippen molar-refractivity contribution < 1.29 is 17.5 Å². The van der Waals surface area contributed by atoms with Crippen molar-refractivity contribution in [2.45, 2.75) is 31.7 Å². The molecule has 0 atom stereocenters. The Labute approximate surface area is 199 Å². The number of pyridine rings is 1. The van der Waals surface area contributed by atoms with Gasteiger partial charge in [-0.3, -0.25) is 4.99 Å². The lowest BCUT2D eigenvalue weighted by molar-refractivity contribution is 0.288. The molecule has 1 fully saturated rings. The van der Waals surface area contributed by atoms with Crippen LogP contribution in [-0.4, -0.2) is 39.3 Å². The molecule has 10 heteroatoms. The smallest absolute Gasteiger partial charge is 0.213 e. The molecule has 0 bridgehead atoms. The number of aromatic nitrogens is 1. The molecular formula is C21H28FIN4O3S. The third kappa shape index (κ3) is 8.98. The molecule has 1 heterocycles. The van der Waals surface area contributed by atoms with E-state index in [1.807, 2.05) is 12.1 Å². The molecule has 2 aromatic rings. The number of ether oxygens (including phenoxy) is 1. The highest BCUT2D eigenvalue weighted by atomic mass is 127. The fourth-order valence-corrected chi connectivity index (χ4v) is 3.70. The van der Waals surface area contributed by atoms with Crippen molar-refractivity contribution in [3.05, 3.63) is 59.0 Å². The van der Waals surface area contributed by atoms with Gasteiger partial charge >= 0.3 is 0 Å². The van der Waals surface area contributed by atoms with E-state index in [0.717, 1.165) is 18.4 Å². The predicted octanol–water partition coefficient (Wildman–Crippen LogP) is 3.04. The van der Waals surface area contributed by atoms with Crippen LogP contribution in [0.2, 0.25) is 0 Å². The molecule has 1 aromatic carbocycles. The first-order valence-electron chi connectivity index (χ1n) is 9.79. The van der Waals surface area contributed by atoms with Crippen LogP contribution in [0.5, 0.6) is 5.88 Å². The van der Waals surface area contributed by atoms with E-state index in [9.17, 15) is 12.8 Å². The Kier molecular flexibility index (Phi) is 9.48. The topological polar surface area (TPSA) is 92.7 Å². The molecule has 7 nitrogen and oxygen atoms in total. The fourth-order valence-electron chi connectivity index (χ4n) is 2.86. The van der Waals surface area contributed by atoms with Crippen molar-refractivity contribution in [3.8, 4) is 5.88 Å². The lowest BCUT2D eigenvalue weighted by Crippen LogP contribution is -2.36. The van der Waals surface area contributed by atoms with E-state index in [1.54, 1.807) is 13.2 Å². The zero-order valence-electron chi connectivity index (χ0n) is 17.6. The highest BCUT2D eigenvalue weighted by Gasteiger charge is 2.22. The number of sulfone groups is 1. The average molecular weight is 562 g/mol. The summed E-state index contributed by atoms with van der Waals surface area (Å²) in [5.41, 5.74) is 2.09. The van der Waals surface area contributed by atoms with Crippen molar-refractivity contribution in [2.75, 3.05) is 19.9 Å². The first-order chi connectivity index (χ1) is 14.3. The lowest BCUT2D eigenvalue weighted by atomic mass is 10.1. The molecule has 170 valence electrons. The predicted molar refractivity (Wildman–Crippen MR) is 130 cm³/mol. The fraction of sp³-hybridized carbons (Fsp3) is 0.429. The standard InChI is InChI=1S/C21H27FN4O3S.HI/c1-23-21(25-11-16-5-8-20(24-10-16)29-13-15-3-4-15)26-12-18-9-19(22)7-6-17(18)14-30(2,27)28;/h5-10,15H,3-4,11-14H2,1-2H3,(H2,23,25,26);1H. The number of hydrogen-bond donors (Lipinski definition) is 2. The van der Waals surface area contributed by atoms with E-state index in [2.05, 4.69) is 20.6 Å². The molecule has 0 unspecified atom stereocenters. The first kappa shape index (κ1) is 25.3. The Balaban J connectivity index is 0.00000341. The maximum atomic E-state index is 13.7. The Hall–Kier alpha value is -1.95. The van der Waals surface area contributed by atoms with E-state index in [-0.39, 0.29) is 36.3 Å². The van der Waals surface area contributed by atoms with Gasteiger partial charge in [-0.15, -0.1) is 24.0 Å². The van der Waals surface area contributed by atoms with Crippen LogP contribution in [0.3, 0.4) is 0 Å². The third-order valence-electron chi connectivity index (χ3n) is 4.68. The molecule has 2 N–H and O–H groups in total. The molecule has 1 aliphatic carbocycles. The summed E-state index contributed by atoms with van der Waals surface area (Å²) < 4.78 is 42.5. The summed E-state index contributed by atoms with van der Waals surface area (Å²) in [5.74, 6) is 1.26. The molecule has 1 saturated carbocycles. The minimum Gasteiger partial charge on any atom is -0.477 e. The van der Waals surface area contributed by atoms with E-state index >= 15 is 0 Å². The van der Waals surface area contributed by atoms with Gasteiger partial charge in [-0.1, -0.05) is 12.1 Å². The van der Waals surface area contributed by atoms with E-state index < -0.39 is 15.7 Å². The Morgan fingerprint density at radius 2 is 1.94 bits per heavy atom. The molecule has 0 saturated heterocycles. The lowest BCUT2D eigenvalue weighted by Gasteiger charge is -2.14. The summed E-state index contributed by atoms with van der Waals surface area (Å²) in [6.07, 6.45) is 5.38. The largest absolute Gasteiger partial charge is 0.477 e. The summed E-state index contributed by atoms with van der Waals surface area (Å²) in [6, 6.07) is 7.89. The molecule has 1 aliphatic rings. The number of nitrogens with zero attached hydrogens (tertiary/aromatic N) is 2. The highest BCUT2D eigenvalue weighted by Crippen LogP contribution is 2.29. The van der Waals surface area contributed by atoms with Crippen molar-refractivity contribution in [3.63, 3.8) is 0 Å². The Bertz CT molecular complexity index is 996. The zero-order chi connectivity index (χ0) is 21.6. The summed E-state index contributed by atoms with van der Waals surface area (Å²) in [4.78, 5) is 8.47. The van der Waals surface area contributed by atoms with E-state index in [1.165, 1.54) is 31.0 Å². The van der Waals surface area contributed by atoms with Gasteiger partial charge in [-0.2, -0.15) is 0 Å². The number of halogens is 2. The number of nitrogens with one attached hydrogen (secondary N) is 2. The molecule has 0 amide bonds. The van der Waals surface area contributed by atoms with Gasteiger partial charge in [0.1, 0.15) is 5.82 Å². The summed E-state index contributed by atoms with van der Waals surface area (Å²) in [5, 5.41) is 6.26. The first-order valence-corrected chi connectivity index (χ1v) is 11.9. The van der Waals surface area contributed by atoms with E-state index in [0.29, 0.717) is 35.4 Å². The summed E-state index contributed by atoms with van der Waals surface area (Å²) >= 11 is 0. The van der Waals surface area contributed by atoms with Crippen LogP contribution >= 0.6 is 24.0 Å². The van der Waals surface area contributed by atoms with Gasteiger partial charge in [0.2, 0.25) is 5.88 Å². The van der Waals surface area contributed by atoms with Crippen molar-refractivity contribution in [1.29, 1.82) is 0 Å². The van der Waals surface area contributed by atoms with Crippen LogP contribution in [0, 0.1) is 11.7 Å². The summed E-state index contributed by atoms with van der Waals surface area (Å²) in [6.45, 7) is 1.46. The second-order valence-corrected chi connectivity index (χ2v) is 9.66. The van der Waals surface area contributed by atoms with Crippen molar-refractivity contribution in [2.24, 2.45) is 10.9 Å². The minimum absolute atomic E-state index is 0. The van der Waals surface area contributed by atoms with Crippen LogP contribution in [0.25, 0.3) is 0 Å². The number of hydrogen-bond acceptors (Lipinski definition) is 5. The number of rotatable bonds is 9. The average Bonchev–Trinajstić information content (AvgIpc) is 3.53. The van der Waals surface area contributed by atoms with Gasteiger partial charge in [0, 0.05) is 38.7 Å². The molecule has 31 heavy (non-hydrogen) atoms. The number of guanidine groups is 1. The maximum Gasteiger partial charge on any atom is 0.213 e. The quantitative estimate of drug-likeness (QED) is 0.278. The van der Waals surface area contributed by atoms with Crippen LogP contribution in [-0.2, 0) is 28.7 Å². The van der Waals surface area contributed by atoms with Gasteiger partial charge in [0.25, 0.3) is 0 Å². The van der Waals surface area contributed by atoms with E-state index in [4.69, 9.17) is 4.74 Å². The maximum absolute atomic E-state index is 13.7. The minimum atomic E-state index is -3.23. The van der Waals surface area contributed by atoms with Crippen LogP contribution in [0.4, 0.5) is 4.39 Å². The molecule has 1 aromatic heterocycles. The Morgan fingerprint density at radius 3 is 2.55 bits per heavy atom. The van der Waals surface area contributed by atoms with Gasteiger partial charge in [-0.05, 0) is 47.6 Å². The van der Waals surface area contributed by atoms with Crippen molar-refractivity contribution >= 4 is 39.8 Å².